The standard InChI is InChI=1S/C26H23NO2/c1-29-26(28)19-15-13-18(14-16-19)24-22-11-6-10-21(22)23-12-5-9-20(25(23)27-24)17-7-3-2-4-8-17/h2-10,12-16,21-22,24,27H,11H2,1H3/t21-,22-,24-/m0/s1. The summed E-state index contributed by atoms with van der Waals surface area (Å²) in [5.74, 6) is 0.572. The number of esters is 1. The molecule has 29 heavy (non-hydrogen) atoms. The molecule has 1 N–H and O–H groups in total. The first kappa shape index (κ1) is 17.7. The molecule has 0 saturated heterocycles. The van der Waals surface area contributed by atoms with Gasteiger partial charge < -0.3 is 10.1 Å². The number of para-hydroxylation sites is 1. The maximum Gasteiger partial charge on any atom is 0.337 e. The molecule has 5 rings (SSSR count). The molecule has 3 heteroatoms. The molecular formula is C26H23NO2. The minimum atomic E-state index is -0.301. The van der Waals surface area contributed by atoms with Gasteiger partial charge in [-0.3, -0.25) is 0 Å². The molecule has 3 aromatic carbocycles. The Hall–Kier alpha value is -3.33. The number of nitrogens with one attached hydrogen (secondary N) is 1. The van der Waals surface area contributed by atoms with Crippen molar-refractivity contribution in [1.82, 2.24) is 0 Å². The zero-order valence-electron chi connectivity index (χ0n) is 16.3. The van der Waals surface area contributed by atoms with E-state index in [0.29, 0.717) is 17.4 Å². The molecule has 0 bridgehead atoms. The van der Waals surface area contributed by atoms with E-state index in [0.717, 1.165) is 6.42 Å². The Bertz CT molecular complexity index is 1070. The minimum Gasteiger partial charge on any atom is -0.465 e. The molecular weight excluding hydrogens is 358 g/mol. The van der Waals surface area contributed by atoms with Crippen molar-refractivity contribution in [3.63, 3.8) is 0 Å². The summed E-state index contributed by atoms with van der Waals surface area (Å²) in [4.78, 5) is 11.8. The number of benzene rings is 3. The molecule has 0 unspecified atom stereocenters. The van der Waals surface area contributed by atoms with Crippen LogP contribution in [0.5, 0.6) is 0 Å². The molecule has 0 radical (unpaired) electrons. The molecule has 3 atom stereocenters. The van der Waals surface area contributed by atoms with E-state index in [4.69, 9.17) is 4.74 Å². The van der Waals surface area contributed by atoms with Gasteiger partial charge in [-0.05, 0) is 41.2 Å². The van der Waals surface area contributed by atoms with Crippen molar-refractivity contribution in [1.29, 1.82) is 0 Å². The molecule has 1 aliphatic carbocycles. The van der Waals surface area contributed by atoms with Gasteiger partial charge in [0, 0.05) is 17.2 Å². The maximum absolute atomic E-state index is 11.8. The predicted octanol–water partition coefficient (Wildman–Crippen LogP) is 5.97. The molecule has 1 heterocycles. The van der Waals surface area contributed by atoms with Gasteiger partial charge in [0.2, 0.25) is 0 Å². The molecule has 3 nitrogen and oxygen atoms in total. The number of fused-ring (bicyclic) bond motifs is 3. The smallest absolute Gasteiger partial charge is 0.337 e. The molecule has 3 aromatic rings. The summed E-state index contributed by atoms with van der Waals surface area (Å²) < 4.78 is 4.84. The normalized spacial score (nSPS) is 21.8. The third-order valence-corrected chi connectivity index (χ3v) is 6.17. The first-order chi connectivity index (χ1) is 14.3. The molecule has 0 aromatic heterocycles. The highest BCUT2D eigenvalue weighted by Gasteiger charge is 2.38. The monoisotopic (exact) mass is 381 g/mol. The molecule has 2 aliphatic rings. The van der Waals surface area contributed by atoms with E-state index in [1.807, 2.05) is 18.2 Å². The van der Waals surface area contributed by atoms with Gasteiger partial charge >= 0.3 is 5.97 Å². The fourth-order valence-corrected chi connectivity index (χ4v) is 4.75. The molecule has 1 aliphatic heterocycles. The van der Waals surface area contributed by atoms with Crippen LogP contribution in [0, 0.1) is 5.92 Å². The first-order valence-electron chi connectivity index (χ1n) is 10.1. The van der Waals surface area contributed by atoms with Crippen molar-refractivity contribution in [3.05, 3.63) is 102 Å². The summed E-state index contributed by atoms with van der Waals surface area (Å²) in [6.45, 7) is 0. The maximum atomic E-state index is 11.8. The second-order valence-corrected chi connectivity index (χ2v) is 7.72. The van der Waals surface area contributed by atoms with Gasteiger partial charge in [0.1, 0.15) is 0 Å². The van der Waals surface area contributed by atoms with Crippen molar-refractivity contribution in [3.8, 4) is 11.1 Å². The molecule has 0 amide bonds. The number of hydrogen-bond donors (Lipinski definition) is 1. The number of ether oxygens (including phenoxy) is 1. The second kappa shape index (κ2) is 7.25. The average Bonchev–Trinajstić information content (AvgIpc) is 3.28. The Kier molecular flexibility index (Phi) is 4.44. The van der Waals surface area contributed by atoms with Crippen molar-refractivity contribution >= 4 is 11.7 Å². The second-order valence-electron chi connectivity index (χ2n) is 7.72. The number of allylic oxidation sites excluding steroid dienone is 2. The highest BCUT2D eigenvalue weighted by molar-refractivity contribution is 5.89. The zero-order chi connectivity index (χ0) is 19.8. The Morgan fingerprint density at radius 2 is 1.76 bits per heavy atom. The van der Waals surface area contributed by atoms with E-state index in [9.17, 15) is 4.79 Å². The van der Waals surface area contributed by atoms with Gasteiger partial charge in [0.15, 0.2) is 0 Å². The fraction of sp³-hybridized carbons (Fsp3) is 0.192. The Balaban J connectivity index is 1.57. The Morgan fingerprint density at radius 3 is 2.52 bits per heavy atom. The van der Waals surface area contributed by atoms with E-state index >= 15 is 0 Å². The van der Waals surface area contributed by atoms with Crippen molar-refractivity contribution < 1.29 is 9.53 Å². The van der Waals surface area contributed by atoms with Crippen LogP contribution in [0.1, 0.15) is 39.9 Å². The van der Waals surface area contributed by atoms with Gasteiger partial charge in [0.25, 0.3) is 0 Å². The van der Waals surface area contributed by atoms with Gasteiger partial charge in [-0.1, -0.05) is 72.8 Å². The van der Waals surface area contributed by atoms with Crippen LogP contribution in [0.4, 0.5) is 5.69 Å². The quantitative estimate of drug-likeness (QED) is 0.449. The zero-order valence-corrected chi connectivity index (χ0v) is 16.3. The highest BCUT2D eigenvalue weighted by Crippen LogP contribution is 2.52. The van der Waals surface area contributed by atoms with E-state index in [1.165, 1.54) is 35.1 Å². The van der Waals surface area contributed by atoms with Gasteiger partial charge in [-0.2, -0.15) is 0 Å². The summed E-state index contributed by atoms with van der Waals surface area (Å²) in [5.41, 5.74) is 6.82. The number of rotatable bonds is 3. The predicted molar refractivity (Wildman–Crippen MR) is 116 cm³/mol. The van der Waals surface area contributed by atoms with E-state index in [1.54, 1.807) is 0 Å². The number of methoxy groups -OCH3 is 1. The first-order valence-corrected chi connectivity index (χ1v) is 10.1. The Labute approximate surface area is 171 Å². The van der Waals surface area contributed by atoms with Gasteiger partial charge in [-0.15, -0.1) is 0 Å². The minimum absolute atomic E-state index is 0.194. The van der Waals surface area contributed by atoms with Crippen molar-refractivity contribution in [2.24, 2.45) is 5.92 Å². The topological polar surface area (TPSA) is 38.3 Å². The van der Waals surface area contributed by atoms with Crippen LogP contribution >= 0.6 is 0 Å². The highest BCUT2D eigenvalue weighted by atomic mass is 16.5. The summed E-state index contributed by atoms with van der Waals surface area (Å²) in [6, 6.07) is 25.2. The number of carbonyl (C=O) groups excluding carboxylic acids is 1. The molecule has 0 saturated carbocycles. The lowest BCUT2D eigenvalue weighted by molar-refractivity contribution is 0.0600. The number of hydrogen-bond acceptors (Lipinski definition) is 3. The number of carbonyl (C=O) groups is 1. The molecule has 0 spiro atoms. The van der Waals surface area contributed by atoms with Crippen LogP contribution in [0.2, 0.25) is 0 Å². The van der Waals surface area contributed by atoms with E-state index < -0.39 is 0 Å². The van der Waals surface area contributed by atoms with Crippen LogP contribution in [-0.2, 0) is 4.74 Å². The van der Waals surface area contributed by atoms with Crippen LogP contribution < -0.4 is 5.32 Å². The van der Waals surface area contributed by atoms with Crippen LogP contribution in [0.3, 0.4) is 0 Å². The lowest BCUT2D eigenvalue weighted by Gasteiger charge is -2.38. The summed E-state index contributed by atoms with van der Waals surface area (Å²) in [5, 5.41) is 3.86. The SMILES string of the molecule is COC(=O)c1ccc([C@@H]2Nc3c(-c4ccccc4)cccc3[C@H]3C=CC[C@@H]32)cc1. The molecule has 0 fully saturated rings. The number of anilines is 1. The molecule has 144 valence electrons. The van der Waals surface area contributed by atoms with E-state index in [2.05, 4.69) is 72.1 Å². The lowest BCUT2D eigenvalue weighted by Crippen LogP contribution is -2.29. The summed E-state index contributed by atoms with van der Waals surface area (Å²) in [7, 11) is 1.41. The van der Waals surface area contributed by atoms with Gasteiger partial charge in [-0.25, -0.2) is 4.79 Å². The van der Waals surface area contributed by atoms with E-state index in [-0.39, 0.29) is 12.0 Å². The Morgan fingerprint density at radius 1 is 0.966 bits per heavy atom. The third-order valence-electron chi connectivity index (χ3n) is 6.17. The van der Waals surface area contributed by atoms with Crippen molar-refractivity contribution in [2.75, 3.05) is 12.4 Å². The summed E-state index contributed by atoms with van der Waals surface area (Å²) in [6.07, 6.45) is 5.71. The van der Waals surface area contributed by atoms with Gasteiger partial charge in [0.05, 0.1) is 18.7 Å². The van der Waals surface area contributed by atoms with Crippen LogP contribution in [-0.4, -0.2) is 13.1 Å². The van der Waals surface area contributed by atoms with Crippen molar-refractivity contribution in [2.45, 2.75) is 18.4 Å². The average molecular weight is 381 g/mol. The van der Waals surface area contributed by atoms with Crippen LogP contribution in [0.25, 0.3) is 11.1 Å². The summed E-state index contributed by atoms with van der Waals surface area (Å²) >= 11 is 0. The third kappa shape index (κ3) is 3.03. The fourth-order valence-electron chi connectivity index (χ4n) is 4.75. The van der Waals surface area contributed by atoms with Crippen LogP contribution in [0.15, 0.2) is 84.9 Å². The lowest BCUT2D eigenvalue weighted by atomic mass is 9.76. The largest absolute Gasteiger partial charge is 0.465 e.